The Labute approximate surface area is 104 Å². The van der Waals surface area contributed by atoms with Crippen LogP contribution >= 0.6 is 0 Å². The van der Waals surface area contributed by atoms with Gasteiger partial charge in [0, 0.05) is 12.4 Å². The fraction of sp³-hybridized carbons (Fsp3) is 0.154. The van der Waals surface area contributed by atoms with Crippen molar-refractivity contribution in [2.24, 2.45) is 0 Å². The van der Waals surface area contributed by atoms with Crippen LogP contribution in [0.5, 0.6) is 0 Å². The molecule has 18 heavy (non-hydrogen) atoms. The lowest BCUT2D eigenvalue weighted by molar-refractivity contribution is 0.0430. The van der Waals surface area contributed by atoms with Crippen LogP contribution in [0.2, 0.25) is 0 Å². The van der Waals surface area contributed by atoms with Gasteiger partial charge in [-0.3, -0.25) is 9.97 Å². The van der Waals surface area contributed by atoms with Gasteiger partial charge in [-0.2, -0.15) is 0 Å². The first-order valence-corrected chi connectivity index (χ1v) is 5.44. The summed E-state index contributed by atoms with van der Waals surface area (Å²) in [6.45, 7) is 0.198. The average molecular weight is 244 g/mol. The Kier molecular flexibility index (Phi) is 4.24. The van der Waals surface area contributed by atoms with Gasteiger partial charge in [0.25, 0.3) is 0 Å². The van der Waals surface area contributed by atoms with E-state index >= 15 is 0 Å². The Bertz CT molecular complexity index is 443. The van der Waals surface area contributed by atoms with Crippen molar-refractivity contribution in [1.82, 2.24) is 9.97 Å². The van der Waals surface area contributed by atoms with E-state index in [4.69, 9.17) is 9.47 Å². The number of carbonyl (C=O) groups excluding carboxylic acids is 1. The van der Waals surface area contributed by atoms with Gasteiger partial charge in [0.05, 0.1) is 11.4 Å². The van der Waals surface area contributed by atoms with E-state index in [-0.39, 0.29) is 13.2 Å². The maximum Gasteiger partial charge on any atom is 0.509 e. The normalized spacial score (nSPS) is 9.78. The predicted molar refractivity (Wildman–Crippen MR) is 63.4 cm³/mol. The first kappa shape index (κ1) is 12.0. The summed E-state index contributed by atoms with van der Waals surface area (Å²) in [7, 11) is 0. The van der Waals surface area contributed by atoms with Crippen molar-refractivity contribution in [1.29, 1.82) is 0 Å². The molecule has 0 bridgehead atoms. The Balaban J connectivity index is 1.73. The highest BCUT2D eigenvalue weighted by Crippen LogP contribution is 2.01. The molecule has 0 aliphatic carbocycles. The van der Waals surface area contributed by atoms with Crippen molar-refractivity contribution in [2.75, 3.05) is 0 Å². The molecule has 0 N–H and O–H groups in total. The van der Waals surface area contributed by atoms with Crippen molar-refractivity contribution in [3.8, 4) is 0 Å². The van der Waals surface area contributed by atoms with E-state index < -0.39 is 6.16 Å². The van der Waals surface area contributed by atoms with Crippen molar-refractivity contribution >= 4 is 6.16 Å². The number of hydrogen-bond acceptors (Lipinski definition) is 5. The van der Waals surface area contributed by atoms with E-state index in [1.807, 2.05) is 12.1 Å². The van der Waals surface area contributed by atoms with Gasteiger partial charge >= 0.3 is 6.16 Å². The molecule has 2 aromatic heterocycles. The topological polar surface area (TPSA) is 61.3 Å². The lowest BCUT2D eigenvalue weighted by Crippen LogP contribution is -2.08. The lowest BCUT2D eigenvalue weighted by Gasteiger charge is -2.05. The summed E-state index contributed by atoms with van der Waals surface area (Å²) >= 11 is 0. The van der Waals surface area contributed by atoms with E-state index in [9.17, 15) is 4.79 Å². The van der Waals surface area contributed by atoms with Gasteiger partial charge in [0.15, 0.2) is 0 Å². The third-order valence-electron chi connectivity index (χ3n) is 2.13. The predicted octanol–water partition coefficient (Wildman–Crippen LogP) is 2.33. The van der Waals surface area contributed by atoms with Crippen LogP contribution in [0.4, 0.5) is 4.79 Å². The van der Waals surface area contributed by atoms with Gasteiger partial charge in [0.1, 0.15) is 13.2 Å². The second-order valence-electron chi connectivity index (χ2n) is 3.47. The van der Waals surface area contributed by atoms with Crippen LogP contribution in [0.1, 0.15) is 11.4 Å². The largest absolute Gasteiger partial charge is 0.509 e. The first-order chi connectivity index (χ1) is 8.84. The smallest absolute Gasteiger partial charge is 0.428 e. The summed E-state index contributed by atoms with van der Waals surface area (Å²) in [5, 5.41) is 0. The van der Waals surface area contributed by atoms with Gasteiger partial charge in [0.2, 0.25) is 0 Å². The average Bonchev–Trinajstić information content (AvgIpc) is 2.45. The van der Waals surface area contributed by atoms with E-state index in [2.05, 4.69) is 9.97 Å². The minimum absolute atomic E-state index is 0.0991. The standard InChI is InChI=1S/C13H12N2O3/c16-13(17-9-11-5-1-3-7-14-11)18-10-12-6-2-4-8-15-12/h1-8H,9-10H2. The minimum Gasteiger partial charge on any atom is -0.428 e. The van der Waals surface area contributed by atoms with Gasteiger partial charge < -0.3 is 9.47 Å². The van der Waals surface area contributed by atoms with Crippen LogP contribution in [-0.2, 0) is 22.7 Å². The van der Waals surface area contributed by atoms with Gasteiger partial charge in [-0.15, -0.1) is 0 Å². The molecule has 0 fully saturated rings. The fourth-order valence-corrected chi connectivity index (χ4v) is 1.27. The van der Waals surface area contributed by atoms with E-state index in [1.165, 1.54) is 0 Å². The van der Waals surface area contributed by atoms with Crippen LogP contribution in [0.25, 0.3) is 0 Å². The molecular formula is C13H12N2O3. The minimum atomic E-state index is -0.730. The zero-order chi connectivity index (χ0) is 12.6. The molecule has 92 valence electrons. The van der Waals surface area contributed by atoms with Crippen molar-refractivity contribution < 1.29 is 14.3 Å². The lowest BCUT2D eigenvalue weighted by atomic mass is 10.4. The SMILES string of the molecule is O=C(OCc1ccccn1)OCc1ccccn1. The third kappa shape index (κ3) is 3.86. The molecule has 0 atom stereocenters. The number of rotatable bonds is 4. The molecule has 2 rings (SSSR count). The Morgan fingerprint density at radius 3 is 1.78 bits per heavy atom. The van der Waals surface area contributed by atoms with Crippen LogP contribution < -0.4 is 0 Å². The highest BCUT2D eigenvalue weighted by atomic mass is 16.7. The molecule has 5 heteroatoms. The fourth-order valence-electron chi connectivity index (χ4n) is 1.27. The number of nitrogens with zero attached hydrogens (tertiary/aromatic N) is 2. The number of aromatic nitrogens is 2. The molecule has 0 unspecified atom stereocenters. The summed E-state index contributed by atoms with van der Waals surface area (Å²) in [5.74, 6) is 0. The molecule has 0 spiro atoms. The zero-order valence-electron chi connectivity index (χ0n) is 9.65. The monoisotopic (exact) mass is 244 g/mol. The highest BCUT2D eigenvalue weighted by Gasteiger charge is 2.05. The Hall–Kier alpha value is -2.43. The second kappa shape index (κ2) is 6.34. The summed E-state index contributed by atoms with van der Waals surface area (Å²) in [4.78, 5) is 19.3. The molecule has 0 aliphatic rings. The molecule has 0 radical (unpaired) electrons. The summed E-state index contributed by atoms with van der Waals surface area (Å²) in [6.07, 6.45) is 2.54. The maximum atomic E-state index is 11.3. The zero-order valence-corrected chi connectivity index (χ0v) is 9.65. The van der Waals surface area contributed by atoms with E-state index in [1.54, 1.807) is 36.7 Å². The van der Waals surface area contributed by atoms with Gasteiger partial charge in [-0.25, -0.2) is 4.79 Å². The summed E-state index contributed by atoms with van der Waals surface area (Å²) in [5.41, 5.74) is 1.35. The van der Waals surface area contributed by atoms with Crippen molar-refractivity contribution in [3.05, 3.63) is 60.2 Å². The molecule has 0 saturated carbocycles. The first-order valence-electron chi connectivity index (χ1n) is 5.44. The van der Waals surface area contributed by atoms with Crippen LogP contribution in [0.3, 0.4) is 0 Å². The quantitative estimate of drug-likeness (QED) is 0.772. The van der Waals surface area contributed by atoms with E-state index in [0.717, 1.165) is 0 Å². The number of carbonyl (C=O) groups is 1. The molecule has 0 aliphatic heterocycles. The summed E-state index contributed by atoms with van der Waals surface area (Å²) in [6, 6.07) is 10.8. The maximum absolute atomic E-state index is 11.3. The Morgan fingerprint density at radius 1 is 0.889 bits per heavy atom. The van der Waals surface area contributed by atoms with Crippen LogP contribution in [-0.4, -0.2) is 16.1 Å². The van der Waals surface area contributed by atoms with Crippen molar-refractivity contribution in [2.45, 2.75) is 13.2 Å². The van der Waals surface area contributed by atoms with Gasteiger partial charge in [-0.05, 0) is 24.3 Å². The number of hydrogen-bond donors (Lipinski definition) is 0. The molecule has 2 aromatic rings. The molecule has 0 saturated heterocycles. The molecule has 5 nitrogen and oxygen atoms in total. The van der Waals surface area contributed by atoms with Gasteiger partial charge in [-0.1, -0.05) is 12.1 Å². The second-order valence-corrected chi connectivity index (χ2v) is 3.47. The third-order valence-corrected chi connectivity index (χ3v) is 2.13. The molecule has 0 amide bonds. The highest BCUT2D eigenvalue weighted by molar-refractivity contribution is 5.59. The molecular weight excluding hydrogens is 232 g/mol. The number of pyridine rings is 2. The van der Waals surface area contributed by atoms with E-state index in [0.29, 0.717) is 11.4 Å². The van der Waals surface area contributed by atoms with Crippen LogP contribution in [0.15, 0.2) is 48.8 Å². The summed E-state index contributed by atoms with van der Waals surface area (Å²) < 4.78 is 9.80. The Morgan fingerprint density at radius 2 is 1.39 bits per heavy atom. The molecule has 0 aromatic carbocycles. The van der Waals surface area contributed by atoms with Crippen molar-refractivity contribution in [3.63, 3.8) is 0 Å². The van der Waals surface area contributed by atoms with Crippen LogP contribution in [0, 0.1) is 0 Å². The molecule has 2 heterocycles. The number of ether oxygens (including phenoxy) is 2.